The van der Waals surface area contributed by atoms with Crippen LogP contribution in [0.1, 0.15) is 42.7 Å². The summed E-state index contributed by atoms with van der Waals surface area (Å²) < 4.78 is 1.18. The summed E-state index contributed by atoms with van der Waals surface area (Å²) in [5.74, 6) is 1.26. The number of rotatable bonds is 1. The number of halogens is 1. The molecule has 1 aliphatic rings. The van der Waals surface area contributed by atoms with E-state index in [1.807, 2.05) is 0 Å². The van der Waals surface area contributed by atoms with E-state index in [2.05, 4.69) is 41.1 Å². The van der Waals surface area contributed by atoms with Gasteiger partial charge in [0.2, 0.25) is 0 Å². The van der Waals surface area contributed by atoms with E-state index in [0.29, 0.717) is 11.8 Å². The lowest BCUT2D eigenvalue weighted by molar-refractivity contribution is 0.508. The highest BCUT2D eigenvalue weighted by atomic mass is 79.9. The largest absolute Gasteiger partial charge is 0.330 e. The van der Waals surface area contributed by atoms with E-state index in [1.165, 1.54) is 28.4 Å². The topological polar surface area (TPSA) is 26.0 Å². The Morgan fingerprint density at radius 2 is 2.14 bits per heavy atom. The van der Waals surface area contributed by atoms with Crippen LogP contribution in [-0.2, 0) is 0 Å². The second-order valence-corrected chi connectivity index (χ2v) is 5.10. The molecule has 0 fully saturated rings. The molecule has 1 aliphatic carbocycles. The van der Waals surface area contributed by atoms with E-state index in [0.717, 1.165) is 6.54 Å². The molecule has 0 heterocycles. The third kappa shape index (κ3) is 1.73. The van der Waals surface area contributed by atoms with Crippen LogP contribution in [0.4, 0.5) is 0 Å². The van der Waals surface area contributed by atoms with Gasteiger partial charge in [0.05, 0.1) is 0 Å². The molecule has 1 nitrogen and oxygen atoms in total. The van der Waals surface area contributed by atoms with Crippen LogP contribution in [0.5, 0.6) is 0 Å². The van der Waals surface area contributed by atoms with Crippen LogP contribution in [0, 0.1) is 0 Å². The molecule has 2 atom stereocenters. The van der Waals surface area contributed by atoms with E-state index < -0.39 is 0 Å². The van der Waals surface area contributed by atoms with Gasteiger partial charge in [0, 0.05) is 4.47 Å². The summed E-state index contributed by atoms with van der Waals surface area (Å²) in [5, 5.41) is 0. The van der Waals surface area contributed by atoms with E-state index >= 15 is 0 Å². The molecule has 0 amide bonds. The zero-order valence-corrected chi connectivity index (χ0v) is 10.0. The molecule has 0 aliphatic heterocycles. The van der Waals surface area contributed by atoms with Gasteiger partial charge in [0.15, 0.2) is 0 Å². The van der Waals surface area contributed by atoms with Gasteiger partial charge in [-0.15, -0.1) is 0 Å². The number of benzene rings is 1. The molecule has 0 radical (unpaired) electrons. The summed E-state index contributed by atoms with van der Waals surface area (Å²) in [4.78, 5) is 0. The van der Waals surface area contributed by atoms with Gasteiger partial charge in [0.25, 0.3) is 0 Å². The van der Waals surface area contributed by atoms with Crippen molar-refractivity contribution < 1.29 is 0 Å². The van der Waals surface area contributed by atoms with Crippen LogP contribution < -0.4 is 5.73 Å². The first-order chi connectivity index (χ1) is 6.72. The fourth-order valence-corrected chi connectivity index (χ4v) is 2.73. The van der Waals surface area contributed by atoms with E-state index in [9.17, 15) is 0 Å². The molecule has 2 rings (SSSR count). The Kier molecular flexibility index (Phi) is 2.93. The molecule has 2 N–H and O–H groups in total. The lowest BCUT2D eigenvalue weighted by atomic mass is 9.77. The molecular weight excluding hydrogens is 238 g/mol. The molecule has 76 valence electrons. The molecule has 2 heteroatoms. The predicted molar refractivity (Wildman–Crippen MR) is 63.6 cm³/mol. The van der Waals surface area contributed by atoms with Crippen LogP contribution in [-0.4, -0.2) is 6.54 Å². The lowest BCUT2D eigenvalue weighted by Crippen LogP contribution is -2.19. The summed E-state index contributed by atoms with van der Waals surface area (Å²) >= 11 is 3.53. The molecule has 2 unspecified atom stereocenters. The predicted octanol–water partition coefficient (Wildman–Crippen LogP) is 3.39. The summed E-state index contributed by atoms with van der Waals surface area (Å²) in [6, 6.07) is 6.61. The van der Waals surface area contributed by atoms with Gasteiger partial charge in [-0.1, -0.05) is 28.9 Å². The number of hydrogen-bond donors (Lipinski definition) is 1. The lowest BCUT2D eigenvalue weighted by Gasteiger charge is -2.29. The zero-order valence-electron chi connectivity index (χ0n) is 8.46. The van der Waals surface area contributed by atoms with Gasteiger partial charge in [-0.25, -0.2) is 0 Å². The molecule has 0 saturated carbocycles. The van der Waals surface area contributed by atoms with Gasteiger partial charge in [-0.05, 0) is 54.5 Å². The molecule has 0 saturated heterocycles. The van der Waals surface area contributed by atoms with Crippen molar-refractivity contribution in [2.75, 3.05) is 6.54 Å². The maximum atomic E-state index is 5.79. The molecular formula is C12H16BrN. The smallest absolute Gasteiger partial charge is 0.0178 e. The minimum Gasteiger partial charge on any atom is -0.330 e. The van der Waals surface area contributed by atoms with Crippen LogP contribution in [0.15, 0.2) is 22.7 Å². The summed E-state index contributed by atoms with van der Waals surface area (Å²) in [6.45, 7) is 3.08. The first-order valence-electron chi connectivity index (χ1n) is 5.21. The first-order valence-corrected chi connectivity index (χ1v) is 6.01. The van der Waals surface area contributed by atoms with Crippen LogP contribution in [0.3, 0.4) is 0 Å². The maximum Gasteiger partial charge on any atom is 0.0178 e. The fraction of sp³-hybridized carbons (Fsp3) is 0.500. The number of nitrogens with two attached hydrogens (primary N) is 1. The third-order valence-electron chi connectivity index (χ3n) is 3.25. The highest BCUT2D eigenvalue weighted by molar-refractivity contribution is 9.10. The molecule has 0 spiro atoms. The van der Waals surface area contributed by atoms with E-state index in [-0.39, 0.29) is 0 Å². The average Bonchev–Trinajstić information content (AvgIpc) is 2.19. The molecule has 1 aromatic rings. The van der Waals surface area contributed by atoms with Crippen molar-refractivity contribution in [1.82, 2.24) is 0 Å². The Morgan fingerprint density at radius 3 is 2.86 bits per heavy atom. The second-order valence-electron chi connectivity index (χ2n) is 4.18. The quantitative estimate of drug-likeness (QED) is 0.816. The molecule has 1 aromatic carbocycles. The van der Waals surface area contributed by atoms with Crippen molar-refractivity contribution in [3.8, 4) is 0 Å². The Labute approximate surface area is 93.8 Å². The Hall–Kier alpha value is -0.340. The highest BCUT2D eigenvalue weighted by Gasteiger charge is 2.23. The summed E-state index contributed by atoms with van der Waals surface area (Å²) in [7, 11) is 0. The Bertz CT molecular complexity index is 335. The van der Waals surface area contributed by atoms with Crippen LogP contribution in [0.2, 0.25) is 0 Å². The highest BCUT2D eigenvalue weighted by Crippen LogP contribution is 2.39. The average molecular weight is 254 g/mol. The van der Waals surface area contributed by atoms with E-state index in [4.69, 9.17) is 5.73 Å². The number of fused-ring (bicyclic) bond motifs is 1. The standard InChI is InChI=1S/C12H16BrN/c1-8-2-3-9(7-14)11-5-4-10(13)6-12(8)11/h4-6,8-9H,2-3,7,14H2,1H3. The summed E-state index contributed by atoms with van der Waals surface area (Å²) in [6.07, 6.45) is 2.51. The minimum absolute atomic E-state index is 0.578. The first kappa shape index (κ1) is 10.2. The SMILES string of the molecule is CC1CCC(CN)c2ccc(Br)cc21. The normalized spacial score (nSPS) is 25.9. The van der Waals surface area contributed by atoms with Gasteiger partial charge in [0.1, 0.15) is 0 Å². The third-order valence-corrected chi connectivity index (χ3v) is 3.75. The van der Waals surface area contributed by atoms with Gasteiger partial charge < -0.3 is 5.73 Å². The zero-order chi connectivity index (χ0) is 10.1. The van der Waals surface area contributed by atoms with Crippen molar-refractivity contribution in [3.05, 3.63) is 33.8 Å². The van der Waals surface area contributed by atoms with Gasteiger partial charge in [-0.2, -0.15) is 0 Å². The van der Waals surface area contributed by atoms with Gasteiger partial charge >= 0.3 is 0 Å². The Balaban J connectivity index is 2.45. The fourth-order valence-electron chi connectivity index (χ4n) is 2.35. The summed E-state index contributed by atoms with van der Waals surface area (Å²) in [5.41, 5.74) is 8.74. The molecule has 14 heavy (non-hydrogen) atoms. The van der Waals surface area contributed by atoms with Crippen LogP contribution in [0.25, 0.3) is 0 Å². The molecule has 0 aromatic heterocycles. The van der Waals surface area contributed by atoms with Crippen molar-refractivity contribution >= 4 is 15.9 Å². The number of hydrogen-bond acceptors (Lipinski definition) is 1. The molecule has 0 bridgehead atoms. The van der Waals surface area contributed by atoms with E-state index in [1.54, 1.807) is 0 Å². The monoisotopic (exact) mass is 253 g/mol. The van der Waals surface area contributed by atoms with Crippen molar-refractivity contribution in [2.24, 2.45) is 5.73 Å². The second kappa shape index (κ2) is 4.03. The van der Waals surface area contributed by atoms with Gasteiger partial charge in [-0.3, -0.25) is 0 Å². The van der Waals surface area contributed by atoms with Crippen LogP contribution >= 0.6 is 15.9 Å². The van der Waals surface area contributed by atoms with Crippen molar-refractivity contribution in [3.63, 3.8) is 0 Å². The van der Waals surface area contributed by atoms with Crippen molar-refractivity contribution in [1.29, 1.82) is 0 Å². The Morgan fingerprint density at radius 1 is 1.36 bits per heavy atom. The maximum absolute atomic E-state index is 5.79. The minimum atomic E-state index is 0.578. The van der Waals surface area contributed by atoms with Crippen molar-refractivity contribution in [2.45, 2.75) is 31.6 Å².